The second-order valence-corrected chi connectivity index (χ2v) is 8.57. The van der Waals surface area contributed by atoms with E-state index in [0.29, 0.717) is 36.7 Å². The first kappa shape index (κ1) is 22.2. The molecule has 2 heterocycles. The van der Waals surface area contributed by atoms with Gasteiger partial charge in [-0.2, -0.15) is 0 Å². The Morgan fingerprint density at radius 1 is 1.39 bits per heavy atom. The molecule has 1 fully saturated rings. The fourth-order valence-electron chi connectivity index (χ4n) is 2.59. The van der Waals surface area contributed by atoms with Gasteiger partial charge in [-0.25, -0.2) is 4.79 Å². The van der Waals surface area contributed by atoms with Gasteiger partial charge in [0.05, 0.1) is 24.3 Å². The van der Waals surface area contributed by atoms with Crippen molar-refractivity contribution >= 4 is 28.9 Å². The number of esters is 1. The maximum absolute atomic E-state index is 12.5. The molecule has 0 radical (unpaired) electrons. The molecular weight excluding hydrogens is 380 g/mol. The average Bonchev–Trinajstić information content (AvgIpc) is 3.06. The van der Waals surface area contributed by atoms with Crippen molar-refractivity contribution in [3.63, 3.8) is 0 Å². The molecule has 1 aromatic heterocycles. The molecule has 0 aliphatic carbocycles. The predicted molar refractivity (Wildman–Crippen MR) is 108 cm³/mol. The lowest BCUT2D eigenvalue weighted by atomic mass is 9.98. The Kier molecular flexibility index (Phi) is 7.87. The number of ether oxygens (including phenoxy) is 2. The van der Waals surface area contributed by atoms with Crippen LogP contribution in [0.2, 0.25) is 0 Å². The molecule has 1 atom stereocenters. The third kappa shape index (κ3) is 6.23. The van der Waals surface area contributed by atoms with E-state index in [1.54, 1.807) is 18.1 Å². The minimum absolute atomic E-state index is 0.0848. The van der Waals surface area contributed by atoms with E-state index in [4.69, 9.17) is 14.3 Å². The van der Waals surface area contributed by atoms with Gasteiger partial charge in [0.15, 0.2) is 6.10 Å². The van der Waals surface area contributed by atoms with Crippen LogP contribution in [0.25, 0.3) is 0 Å². The van der Waals surface area contributed by atoms with Gasteiger partial charge >= 0.3 is 5.97 Å². The van der Waals surface area contributed by atoms with Crippen molar-refractivity contribution in [1.29, 1.82) is 0 Å². The average molecular weight is 409 g/mol. The van der Waals surface area contributed by atoms with Gasteiger partial charge in [0.25, 0.3) is 5.91 Å². The zero-order chi connectivity index (χ0) is 20.7. The Hall–Kier alpha value is -2.08. The van der Waals surface area contributed by atoms with Crippen molar-refractivity contribution in [1.82, 2.24) is 4.90 Å². The van der Waals surface area contributed by atoms with Crippen LogP contribution in [0.1, 0.15) is 48.2 Å². The normalized spacial score (nSPS) is 17.1. The molecule has 1 aliphatic rings. The minimum atomic E-state index is -0.611. The van der Waals surface area contributed by atoms with E-state index in [0.717, 1.165) is 11.3 Å². The summed E-state index contributed by atoms with van der Waals surface area (Å²) in [5.41, 5.74) is 3.09. The summed E-state index contributed by atoms with van der Waals surface area (Å²) in [6.07, 6.45) is 0.849. The smallest absolute Gasteiger partial charge is 0.350 e. The molecule has 1 N–H and O–H groups in total. The number of carbonyl (C=O) groups is 2. The van der Waals surface area contributed by atoms with E-state index in [9.17, 15) is 9.59 Å². The number of nitrogens with one attached hydrogen (secondary N) is 1. The van der Waals surface area contributed by atoms with E-state index < -0.39 is 12.1 Å². The maximum atomic E-state index is 12.5. The molecule has 0 aromatic carbocycles. The highest BCUT2D eigenvalue weighted by atomic mass is 32.1. The molecule has 28 heavy (non-hydrogen) atoms. The number of anilines is 1. The number of methoxy groups -OCH3 is 2. The van der Waals surface area contributed by atoms with Crippen LogP contribution in [0, 0.1) is 17.3 Å². The molecule has 0 spiro atoms. The Bertz CT molecular complexity index is 757. The lowest BCUT2D eigenvalue weighted by molar-refractivity contribution is -0.146. The summed E-state index contributed by atoms with van der Waals surface area (Å²) in [4.78, 5) is 33.1. The van der Waals surface area contributed by atoms with Crippen molar-refractivity contribution < 1.29 is 23.9 Å². The van der Waals surface area contributed by atoms with E-state index in [1.807, 2.05) is 20.8 Å². The molecule has 154 valence electrons. The molecule has 8 heteroatoms. The molecule has 1 unspecified atom stereocenters. The number of thiophene rings is 1. The minimum Gasteiger partial charge on any atom is -0.465 e. The Labute approximate surface area is 170 Å². The lowest BCUT2D eigenvalue weighted by Crippen LogP contribution is -2.47. The first-order valence-electron chi connectivity index (χ1n) is 9.20. The Balaban J connectivity index is 2.11. The summed E-state index contributed by atoms with van der Waals surface area (Å²) in [5, 5.41) is 0. The van der Waals surface area contributed by atoms with Crippen LogP contribution < -0.4 is 5.48 Å². The number of amides is 1. The van der Waals surface area contributed by atoms with Crippen molar-refractivity contribution in [2.75, 3.05) is 39.4 Å². The Morgan fingerprint density at radius 2 is 2.14 bits per heavy atom. The van der Waals surface area contributed by atoms with Gasteiger partial charge in [0.2, 0.25) is 0 Å². The zero-order valence-electron chi connectivity index (χ0n) is 17.1. The van der Waals surface area contributed by atoms with Gasteiger partial charge in [-0.3, -0.25) is 15.1 Å². The molecule has 0 saturated carbocycles. The third-order valence-corrected chi connectivity index (χ3v) is 5.05. The quantitative estimate of drug-likeness (QED) is 0.425. The van der Waals surface area contributed by atoms with Crippen molar-refractivity contribution in [2.24, 2.45) is 5.41 Å². The fourth-order valence-corrected chi connectivity index (χ4v) is 3.47. The standard InChI is InChI=1S/C20H28N2O5S/c1-20(2,3)9-8-14-13-15(17(28-14)19(24)26-5)21-27-16-7-6-10-22(18(16)23)11-12-25-4/h13,16,21H,6-7,10-12H2,1-5H3. The van der Waals surface area contributed by atoms with Crippen LogP contribution >= 0.6 is 11.3 Å². The van der Waals surface area contributed by atoms with Gasteiger partial charge in [-0.1, -0.05) is 11.8 Å². The van der Waals surface area contributed by atoms with Gasteiger partial charge in [-0.05, 0) is 39.7 Å². The van der Waals surface area contributed by atoms with Crippen LogP contribution in [0.15, 0.2) is 6.07 Å². The van der Waals surface area contributed by atoms with Crippen LogP contribution in [0.5, 0.6) is 0 Å². The summed E-state index contributed by atoms with van der Waals surface area (Å²) in [6, 6.07) is 1.74. The monoisotopic (exact) mass is 408 g/mol. The highest BCUT2D eigenvalue weighted by molar-refractivity contribution is 7.15. The predicted octanol–water partition coefficient (Wildman–Crippen LogP) is 2.91. The second kappa shape index (κ2) is 9.92. The van der Waals surface area contributed by atoms with Gasteiger partial charge in [-0.15, -0.1) is 11.3 Å². The zero-order valence-corrected chi connectivity index (χ0v) is 17.9. The van der Waals surface area contributed by atoms with Crippen LogP contribution in [-0.4, -0.2) is 56.8 Å². The van der Waals surface area contributed by atoms with E-state index in [-0.39, 0.29) is 11.3 Å². The third-order valence-electron chi connectivity index (χ3n) is 4.02. The SMILES string of the molecule is COCCN1CCCC(ONc2cc(C#CC(C)(C)C)sc2C(=O)OC)C1=O. The Morgan fingerprint density at radius 3 is 2.79 bits per heavy atom. The molecule has 0 bridgehead atoms. The summed E-state index contributed by atoms with van der Waals surface area (Å²) in [7, 11) is 2.93. The number of hydrogen-bond acceptors (Lipinski definition) is 7. The second-order valence-electron chi connectivity index (χ2n) is 7.51. The van der Waals surface area contributed by atoms with Crippen LogP contribution in [0.4, 0.5) is 5.69 Å². The number of rotatable bonds is 7. The van der Waals surface area contributed by atoms with Crippen LogP contribution in [0.3, 0.4) is 0 Å². The number of piperidine rings is 1. The summed E-state index contributed by atoms with van der Waals surface area (Å²) < 4.78 is 9.90. The highest BCUT2D eigenvalue weighted by Crippen LogP contribution is 2.29. The van der Waals surface area contributed by atoms with Gasteiger partial charge in [0, 0.05) is 25.6 Å². The van der Waals surface area contributed by atoms with Gasteiger partial charge in [0.1, 0.15) is 4.88 Å². The first-order valence-corrected chi connectivity index (χ1v) is 10.0. The molecule has 1 saturated heterocycles. The molecule has 7 nitrogen and oxygen atoms in total. The van der Waals surface area contributed by atoms with E-state index >= 15 is 0 Å². The lowest BCUT2D eigenvalue weighted by Gasteiger charge is -2.31. The fraction of sp³-hybridized carbons (Fsp3) is 0.600. The number of hydrogen-bond donors (Lipinski definition) is 1. The molecular formula is C20H28N2O5S. The van der Waals surface area contributed by atoms with Crippen molar-refractivity contribution in [2.45, 2.75) is 39.7 Å². The topological polar surface area (TPSA) is 77.1 Å². The van der Waals surface area contributed by atoms with E-state index in [1.165, 1.54) is 18.4 Å². The maximum Gasteiger partial charge on any atom is 0.350 e. The summed E-state index contributed by atoms with van der Waals surface area (Å²) >= 11 is 1.23. The van der Waals surface area contributed by atoms with Crippen LogP contribution in [-0.2, 0) is 19.1 Å². The molecule has 1 aliphatic heterocycles. The first-order chi connectivity index (χ1) is 13.2. The number of nitrogens with zero attached hydrogens (tertiary/aromatic N) is 1. The van der Waals surface area contributed by atoms with E-state index in [2.05, 4.69) is 17.3 Å². The van der Waals surface area contributed by atoms with Crippen molar-refractivity contribution in [3.05, 3.63) is 15.8 Å². The molecule has 1 aromatic rings. The number of carbonyl (C=O) groups excluding carboxylic acids is 2. The summed E-state index contributed by atoms with van der Waals surface area (Å²) in [6.45, 7) is 7.76. The highest BCUT2D eigenvalue weighted by Gasteiger charge is 2.30. The largest absolute Gasteiger partial charge is 0.465 e. The summed E-state index contributed by atoms with van der Waals surface area (Å²) in [5.74, 6) is 5.66. The van der Waals surface area contributed by atoms with Crippen molar-refractivity contribution in [3.8, 4) is 11.8 Å². The number of likely N-dealkylation sites (tertiary alicyclic amines) is 1. The molecule has 2 rings (SSSR count). The van der Waals surface area contributed by atoms with Gasteiger partial charge < -0.3 is 14.4 Å². The molecule has 1 amide bonds.